The summed E-state index contributed by atoms with van der Waals surface area (Å²) in [5.74, 6) is 0.426. The summed E-state index contributed by atoms with van der Waals surface area (Å²) in [5.41, 5.74) is 2.36. The first-order valence-corrected chi connectivity index (χ1v) is 7.73. The van der Waals surface area contributed by atoms with Gasteiger partial charge in [0.15, 0.2) is 6.61 Å². The lowest BCUT2D eigenvalue weighted by Crippen LogP contribution is -2.31. The number of nitrogens with one attached hydrogen (secondary N) is 1. The molecule has 1 amide bonds. The molecule has 2 aromatic rings. The van der Waals surface area contributed by atoms with Crippen molar-refractivity contribution in [3.8, 4) is 5.75 Å². The second kappa shape index (κ2) is 7.85. The van der Waals surface area contributed by atoms with E-state index in [2.05, 4.69) is 24.4 Å². The fourth-order valence-electron chi connectivity index (χ4n) is 2.11. The Labute approximate surface area is 136 Å². The maximum Gasteiger partial charge on any atom is 0.258 e. The molecule has 1 N–H and O–H groups in total. The molecular weight excluding hydrogens is 298 g/mol. The van der Waals surface area contributed by atoms with Gasteiger partial charge in [0.1, 0.15) is 5.75 Å². The van der Waals surface area contributed by atoms with Gasteiger partial charge in [-0.25, -0.2) is 0 Å². The van der Waals surface area contributed by atoms with Crippen molar-refractivity contribution in [3.63, 3.8) is 0 Å². The van der Waals surface area contributed by atoms with Gasteiger partial charge in [-0.1, -0.05) is 48.9 Å². The van der Waals surface area contributed by atoms with E-state index in [1.165, 1.54) is 5.56 Å². The van der Waals surface area contributed by atoms with Crippen LogP contribution < -0.4 is 10.1 Å². The highest BCUT2D eigenvalue weighted by molar-refractivity contribution is 6.30. The van der Waals surface area contributed by atoms with Crippen LogP contribution in [0.1, 0.15) is 31.0 Å². The van der Waals surface area contributed by atoms with E-state index < -0.39 is 0 Å². The third-order valence-electron chi connectivity index (χ3n) is 3.43. The first-order chi connectivity index (χ1) is 10.6. The molecule has 116 valence electrons. The van der Waals surface area contributed by atoms with Gasteiger partial charge in [0.05, 0.1) is 6.04 Å². The van der Waals surface area contributed by atoms with Crippen LogP contribution in [-0.4, -0.2) is 12.5 Å². The zero-order valence-electron chi connectivity index (χ0n) is 12.8. The topological polar surface area (TPSA) is 38.3 Å². The van der Waals surface area contributed by atoms with Crippen molar-refractivity contribution in [1.82, 2.24) is 5.32 Å². The lowest BCUT2D eigenvalue weighted by atomic mass is 10.1. The van der Waals surface area contributed by atoms with Crippen molar-refractivity contribution in [2.75, 3.05) is 6.61 Å². The van der Waals surface area contributed by atoms with Gasteiger partial charge in [-0.2, -0.15) is 0 Å². The number of benzene rings is 2. The van der Waals surface area contributed by atoms with Gasteiger partial charge in [-0.15, -0.1) is 0 Å². The van der Waals surface area contributed by atoms with Gasteiger partial charge in [0.25, 0.3) is 5.91 Å². The number of carbonyl (C=O) groups excluding carboxylic acids is 1. The molecule has 0 aliphatic heterocycles. The molecule has 0 fully saturated rings. The van der Waals surface area contributed by atoms with Crippen LogP contribution in [0.4, 0.5) is 0 Å². The first kappa shape index (κ1) is 16.4. The molecule has 2 rings (SSSR count). The summed E-state index contributed by atoms with van der Waals surface area (Å²) in [6.45, 7) is 4.04. The molecule has 0 aliphatic rings. The molecule has 0 aromatic heterocycles. The van der Waals surface area contributed by atoms with Gasteiger partial charge in [0, 0.05) is 5.02 Å². The van der Waals surface area contributed by atoms with Crippen LogP contribution in [0.2, 0.25) is 5.02 Å². The quantitative estimate of drug-likeness (QED) is 0.868. The van der Waals surface area contributed by atoms with Crippen LogP contribution in [0, 0.1) is 0 Å². The van der Waals surface area contributed by atoms with Gasteiger partial charge in [-0.05, 0) is 42.7 Å². The zero-order valence-corrected chi connectivity index (χ0v) is 13.6. The van der Waals surface area contributed by atoms with E-state index in [9.17, 15) is 4.79 Å². The molecule has 4 heteroatoms. The molecule has 0 aliphatic carbocycles. The van der Waals surface area contributed by atoms with Gasteiger partial charge in [-0.3, -0.25) is 4.79 Å². The molecule has 0 bridgehead atoms. The summed E-state index contributed by atoms with van der Waals surface area (Å²) in [7, 11) is 0. The molecular formula is C18H20ClNO2. The third-order valence-corrected chi connectivity index (χ3v) is 3.67. The van der Waals surface area contributed by atoms with Gasteiger partial charge in [0.2, 0.25) is 0 Å². The van der Waals surface area contributed by atoms with Crippen LogP contribution in [0.15, 0.2) is 48.5 Å². The fraction of sp³-hybridized carbons (Fsp3) is 0.278. The highest BCUT2D eigenvalue weighted by Crippen LogP contribution is 2.17. The first-order valence-electron chi connectivity index (χ1n) is 7.35. The predicted molar refractivity (Wildman–Crippen MR) is 89.3 cm³/mol. The summed E-state index contributed by atoms with van der Waals surface area (Å²) in [4.78, 5) is 11.9. The Balaban J connectivity index is 1.85. The van der Waals surface area contributed by atoms with E-state index in [4.69, 9.17) is 16.3 Å². The number of halogens is 1. The van der Waals surface area contributed by atoms with Crippen molar-refractivity contribution >= 4 is 17.5 Å². The van der Waals surface area contributed by atoms with Crippen molar-refractivity contribution in [3.05, 3.63) is 64.7 Å². The number of hydrogen-bond donors (Lipinski definition) is 1. The van der Waals surface area contributed by atoms with Gasteiger partial charge >= 0.3 is 0 Å². The predicted octanol–water partition coefficient (Wildman–Crippen LogP) is 4.16. The second-order valence-corrected chi connectivity index (χ2v) is 5.57. The molecule has 1 atom stereocenters. The van der Waals surface area contributed by atoms with E-state index in [0.29, 0.717) is 10.8 Å². The number of amides is 1. The van der Waals surface area contributed by atoms with Crippen molar-refractivity contribution in [2.24, 2.45) is 0 Å². The van der Waals surface area contributed by atoms with E-state index >= 15 is 0 Å². The summed E-state index contributed by atoms with van der Waals surface area (Å²) >= 11 is 5.87. The van der Waals surface area contributed by atoms with Crippen LogP contribution >= 0.6 is 11.6 Å². The number of carbonyl (C=O) groups is 1. The second-order valence-electron chi connectivity index (χ2n) is 5.13. The fourth-order valence-corrected chi connectivity index (χ4v) is 2.29. The number of aryl methyl sites for hydroxylation is 1. The van der Waals surface area contributed by atoms with Crippen molar-refractivity contribution < 1.29 is 9.53 Å². The molecule has 22 heavy (non-hydrogen) atoms. The van der Waals surface area contributed by atoms with Crippen LogP contribution in [-0.2, 0) is 11.2 Å². The Morgan fingerprint density at radius 2 is 1.95 bits per heavy atom. The monoisotopic (exact) mass is 317 g/mol. The molecule has 0 spiro atoms. The van der Waals surface area contributed by atoms with Crippen LogP contribution in [0.5, 0.6) is 5.75 Å². The maximum atomic E-state index is 11.9. The normalized spacial score (nSPS) is 11.8. The highest BCUT2D eigenvalue weighted by atomic mass is 35.5. The van der Waals surface area contributed by atoms with Crippen LogP contribution in [0.3, 0.4) is 0 Å². The molecule has 3 nitrogen and oxygen atoms in total. The highest BCUT2D eigenvalue weighted by Gasteiger charge is 2.10. The smallest absolute Gasteiger partial charge is 0.258 e. The minimum absolute atomic E-state index is 0.0300. The van der Waals surface area contributed by atoms with E-state index in [-0.39, 0.29) is 18.6 Å². The number of ether oxygens (including phenoxy) is 1. The average molecular weight is 318 g/mol. The Morgan fingerprint density at radius 3 is 2.59 bits per heavy atom. The van der Waals surface area contributed by atoms with Crippen molar-refractivity contribution in [1.29, 1.82) is 0 Å². The minimum atomic E-state index is -0.160. The average Bonchev–Trinajstić information content (AvgIpc) is 2.53. The number of hydrogen-bond acceptors (Lipinski definition) is 2. The summed E-state index contributed by atoms with van der Waals surface area (Å²) in [6.07, 6.45) is 1.01. The van der Waals surface area contributed by atoms with Crippen LogP contribution in [0.25, 0.3) is 0 Å². The van der Waals surface area contributed by atoms with E-state index in [0.717, 1.165) is 12.0 Å². The Kier molecular flexibility index (Phi) is 5.84. The summed E-state index contributed by atoms with van der Waals surface area (Å²) in [6, 6.07) is 15.2. The SMILES string of the molecule is CCc1ccc(C(C)NC(=O)COc2cccc(Cl)c2)cc1. The molecule has 1 unspecified atom stereocenters. The largest absolute Gasteiger partial charge is 0.484 e. The Morgan fingerprint density at radius 1 is 1.23 bits per heavy atom. The standard InChI is InChI=1S/C18H20ClNO2/c1-3-14-7-9-15(10-8-14)13(2)20-18(21)12-22-17-6-4-5-16(19)11-17/h4-11,13H,3,12H2,1-2H3,(H,20,21). The van der Waals surface area contributed by atoms with Gasteiger partial charge < -0.3 is 10.1 Å². The number of rotatable bonds is 6. The molecule has 0 saturated heterocycles. The maximum absolute atomic E-state index is 11.9. The molecule has 0 radical (unpaired) electrons. The molecule has 0 heterocycles. The van der Waals surface area contributed by atoms with E-state index in [1.807, 2.05) is 19.1 Å². The minimum Gasteiger partial charge on any atom is -0.484 e. The zero-order chi connectivity index (χ0) is 15.9. The summed E-state index contributed by atoms with van der Waals surface area (Å²) < 4.78 is 5.43. The lowest BCUT2D eigenvalue weighted by molar-refractivity contribution is -0.123. The third kappa shape index (κ3) is 4.78. The molecule has 2 aromatic carbocycles. The van der Waals surface area contributed by atoms with Crippen molar-refractivity contribution in [2.45, 2.75) is 26.3 Å². The summed E-state index contributed by atoms with van der Waals surface area (Å²) in [5, 5.41) is 3.51. The Hall–Kier alpha value is -2.00. The molecule has 0 saturated carbocycles. The Bertz CT molecular complexity index is 625. The van der Waals surface area contributed by atoms with E-state index in [1.54, 1.807) is 24.3 Å². The lowest BCUT2D eigenvalue weighted by Gasteiger charge is -2.15.